The van der Waals surface area contributed by atoms with Crippen molar-refractivity contribution in [3.05, 3.63) is 52.3 Å². The Morgan fingerprint density at radius 3 is 2.57 bits per heavy atom. The highest BCUT2D eigenvalue weighted by Gasteiger charge is 2.17. The van der Waals surface area contributed by atoms with Crippen LogP contribution >= 0.6 is 11.6 Å². The SMILES string of the molecule is CCc1nn(CC)c(CC(O)CCc2ccccc2)c1Cl. The summed E-state index contributed by atoms with van der Waals surface area (Å²) >= 11 is 6.38. The number of benzene rings is 1. The van der Waals surface area contributed by atoms with Crippen LogP contribution in [0.4, 0.5) is 0 Å². The van der Waals surface area contributed by atoms with Gasteiger partial charge in [0.05, 0.1) is 22.5 Å². The highest BCUT2D eigenvalue weighted by Crippen LogP contribution is 2.23. The number of aliphatic hydroxyl groups is 1. The van der Waals surface area contributed by atoms with Gasteiger partial charge in [-0.25, -0.2) is 0 Å². The predicted molar refractivity (Wildman–Crippen MR) is 86.8 cm³/mol. The van der Waals surface area contributed by atoms with Gasteiger partial charge >= 0.3 is 0 Å². The summed E-state index contributed by atoms with van der Waals surface area (Å²) in [7, 11) is 0. The van der Waals surface area contributed by atoms with Crippen molar-refractivity contribution in [2.45, 2.75) is 52.2 Å². The standard InChI is InChI=1S/C17H23ClN2O/c1-3-15-17(18)16(20(4-2)19-15)12-14(21)11-10-13-8-6-5-7-9-13/h5-9,14,21H,3-4,10-12H2,1-2H3. The van der Waals surface area contributed by atoms with Gasteiger partial charge in [-0.3, -0.25) is 4.68 Å². The molecule has 21 heavy (non-hydrogen) atoms. The molecule has 0 saturated heterocycles. The van der Waals surface area contributed by atoms with Crippen LogP contribution in [0.1, 0.15) is 37.2 Å². The van der Waals surface area contributed by atoms with Crippen LogP contribution in [0.5, 0.6) is 0 Å². The van der Waals surface area contributed by atoms with Crippen LogP contribution in [0.15, 0.2) is 30.3 Å². The number of rotatable bonds is 7. The molecule has 0 aliphatic carbocycles. The molecular weight excluding hydrogens is 284 g/mol. The van der Waals surface area contributed by atoms with Gasteiger partial charge in [0.2, 0.25) is 0 Å². The maximum absolute atomic E-state index is 10.3. The lowest BCUT2D eigenvalue weighted by Gasteiger charge is -2.12. The van der Waals surface area contributed by atoms with E-state index in [1.165, 1.54) is 5.56 Å². The lowest BCUT2D eigenvalue weighted by Crippen LogP contribution is -2.15. The minimum atomic E-state index is -0.394. The van der Waals surface area contributed by atoms with Gasteiger partial charge < -0.3 is 5.11 Å². The van der Waals surface area contributed by atoms with Crippen molar-refractivity contribution >= 4 is 11.6 Å². The van der Waals surface area contributed by atoms with Gasteiger partial charge in [-0.15, -0.1) is 0 Å². The van der Waals surface area contributed by atoms with E-state index in [9.17, 15) is 5.11 Å². The minimum Gasteiger partial charge on any atom is -0.393 e. The summed E-state index contributed by atoms with van der Waals surface area (Å²) < 4.78 is 1.91. The Kier molecular flexibility index (Phi) is 5.83. The highest BCUT2D eigenvalue weighted by atomic mass is 35.5. The molecule has 0 fully saturated rings. The second-order valence-corrected chi connectivity index (χ2v) is 5.64. The summed E-state index contributed by atoms with van der Waals surface area (Å²) in [5.41, 5.74) is 3.13. The first kappa shape index (κ1) is 16.1. The molecule has 0 aliphatic rings. The summed E-state index contributed by atoms with van der Waals surface area (Å²) in [6.07, 6.45) is 2.59. The van der Waals surface area contributed by atoms with E-state index in [0.717, 1.165) is 42.2 Å². The number of hydrogen-bond donors (Lipinski definition) is 1. The van der Waals surface area contributed by atoms with E-state index < -0.39 is 6.10 Å². The molecule has 0 bridgehead atoms. The minimum absolute atomic E-state index is 0.394. The monoisotopic (exact) mass is 306 g/mol. The molecule has 1 heterocycles. The van der Waals surface area contributed by atoms with Crippen molar-refractivity contribution in [2.24, 2.45) is 0 Å². The van der Waals surface area contributed by atoms with E-state index >= 15 is 0 Å². The largest absolute Gasteiger partial charge is 0.393 e. The number of halogens is 1. The molecule has 114 valence electrons. The Morgan fingerprint density at radius 1 is 1.24 bits per heavy atom. The number of aromatic nitrogens is 2. The van der Waals surface area contributed by atoms with E-state index in [2.05, 4.69) is 17.2 Å². The third kappa shape index (κ3) is 4.08. The van der Waals surface area contributed by atoms with Gasteiger partial charge in [0.15, 0.2) is 0 Å². The Bertz CT molecular complexity index is 566. The van der Waals surface area contributed by atoms with Crippen molar-refractivity contribution in [3.8, 4) is 0 Å². The normalized spacial score (nSPS) is 12.6. The molecule has 0 spiro atoms. The number of aliphatic hydroxyl groups excluding tert-OH is 1. The molecule has 1 aromatic carbocycles. The van der Waals surface area contributed by atoms with E-state index in [1.807, 2.05) is 36.7 Å². The van der Waals surface area contributed by atoms with Crippen molar-refractivity contribution in [3.63, 3.8) is 0 Å². The summed E-state index contributed by atoms with van der Waals surface area (Å²) in [6.45, 7) is 4.87. The number of nitrogens with zero attached hydrogens (tertiary/aromatic N) is 2. The highest BCUT2D eigenvalue weighted by molar-refractivity contribution is 6.31. The van der Waals surface area contributed by atoms with Crippen molar-refractivity contribution in [2.75, 3.05) is 0 Å². The molecule has 0 aliphatic heterocycles. The molecule has 4 heteroatoms. The van der Waals surface area contributed by atoms with Gasteiger partial charge in [0.1, 0.15) is 0 Å². The summed E-state index contributed by atoms with van der Waals surface area (Å²) in [5, 5.41) is 15.5. The zero-order valence-corrected chi connectivity index (χ0v) is 13.5. The van der Waals surface area contributed by atoms with Crippen LogP contribution in [0.25, 0.3) is 0 Å². The fourth-order valence-corrected chi connectivity index (χ4v) is 2.86. The summed E-state index contributed by atoms with van der Waals surface area (Å²) in [5.74, 6) is 0. The molecule has 0 amide bonds. The predicted octanol–water partition coefficient (Wildman–Crippen LogP) is 3.66. The van der Waals surface area contributed by atoms with Crippen LogP contribution in [0, 0.1) is 0 Å². The second-order valence-electron chi connectivity index (χ2n) is 5.26. The van der Waals surface area contributed by atoms with E-state index in [-0.39, 0.29) is 0 Å². The first-order valence-electron chi connectivity index (χ1n) is 7.61. The average Bonchev–Trinajstić information content (AvgIpc) is 2.82. The van der Waals surface area contributed by atoms with Crippen LogP contribution < -0.4 is 0 Å². The van der Waals surface area contributed by atoms with E-state index in [4.69, 9.17) is 11.6 Å². The summed E-state index contributed by atoms with van der Waals surface area (Å²) in [6, 6.07) is 10.2. The zero-order chi connectivity index (χ0) is 15.2. The second kappa shape index (κ2) is 7.62. The third-order valence-electron chi connectivity index (χ3n) is 3.73. The lowest BCUT2D eigenvalue weighted by molar-refractivity contribution is 0.162. The number of aryl methyl sites for hydroxylation is 3. The van der Waals surface area contributed by atoms with Crippen LogP contribution in [0.3, 0.4) is 0 Å². The smallest absolute Gasteiger partial charge is 0.0850 e. The Hall–Kier alpha value is -1.32. The first-order valence-corrected chi connectivity index (χ1v) is 7.99. The topological polar surface area (TPSA) is 38.0 Å². The molecule has 2 aromatic rings. The maximum Gasteiger partial charge on any atom is 0.0850 e. The van der Waals surface area contributed by atoms with Gasteiger partial charge in [-0.2, -0.15) is 5.10 Å². The molecule has 3 nitrogen and oxygen atoms in total. The van der Waals surface area contributed by atoms with Gasteiger partial charge in [0, 0.05) is 13.0 Å². The molecule has 0 radical (unpaired) electrons. The van der Waals surface area contributed by atoms with Gasteiger partial charge in [-0.1, -0.05) is 48.9 Å². The van der Waals surface area contributed by atoms with Crippen LogP contribution in [0.2, 0.25) is 5.02 Å². The molecular formula is C17H23ClN2O. The Morgan fingerprint density at radius 2 is 1.95 bits per heavy atom. The maximum atomic E-state index is 10.3. The van der Waals surface area contributed by atoms with Crippen molar-refractivity contribution < 1.29 is 5.11 Å². The Balaban J connectivity index is 1.99. The average molecular weight is 307 g/mol. The van der Waals surface area contributed by atoms with Crippen molar-refractivity contribution in [1.29, 1.82) is 0 Å². The summed E-state index contributed by atoms with van der Waals surface area (Å²) in [4.78, 5) is 0. The molecule has 1 unspecified atom stereocenters. The molecule has 1 atom stereocenters. The molecule has 2 rings (SSSR count). The van der Waals surface area contributed by atoms with Gasteiger partial charge in [0.25, 0.3) is 0 Å². The lowest BCUT2D eigenvalue weighted by atomic mass is 10.0. The zero-order valence-electron chi connectivity index (χ0n) is 12.7. The van der Waals surface area contributed by atoms with E-state index in [0.29, 0.717) is 6.42 Å². The van der Waals surface area contributed by atoms with E-state index in [1.54, 1.807) is 0 Å². The van der Waals surface area contributed by atoms with Crippen molar-refractivity contribution in [1.82, 2.24) is 9.78 Å². The fraction of sp³-hybridized carbons (Fsp3) is 0.471. The van der Waals surface area contributed by atoms with Crippen LogP contribution in [-0.4, -0.2) is 21.0 Å². The molecule has 0 saturated carbocycles. The first-order chi connectivity index (χ1) is 10.2. The molecule has 1 aromatic heterocycles. The van der Waals surface area contributed by atoms with Crippen LogP contribution in [-0.2, 0) is 25.8 Å². The quantitative estimate of drug-likeness (QED) is 0.848. The fourth-order valence-electron chi connectivity index (χ4n) is 2.52. The third-order valence-corrected chi connectivity index (χ3v) is 4.17. The Labute approximate surface area is 131 Å². The van der Waals surface area contributed by atoms with Gasteiger partial charge in [-0.05, 0) is 31.7 Å². The number of hydrogen-bond acceptors (Lipinski definition) is 2. The molecule has 1 N–H and O–H groups in total.